The van der Waals surface area contributed by atoms with Crippen molar-refractivity contribution in [1.29, 1.82) is 0 Å². The number of aliphatic hydroxyl groups excluding tert-OH is 1. The third kappa shape index (κ3) is 5.96. The average molecular weight is 233 g/mol. The first kappa shape index (κ1) is 13.6. The SMILES string of the molecule is C#CCCNCC(O)COc1cccc(C)c1. The smallest absolute Gasteiger partial charge is 0.119 e. The van der Waals surface area contributed by atoms with Crippen LogP contribution in [0, 0.1) is 19.3 Å². The molecule has 1 aromatic rings. The quantitative estimate of drug-likeness (QED) is 0.552. The van der Waals surface area contributed by atoms with Gasteiger partial charge < -0.3 is 15.2 Å². The van der Waals surface area contributed by atoms with E-state index in [1.54, 1.807) is 0 Å². The monoisotopic (exact) mass is 233 g/mol. The number of ether oxygens (including phenoxy) is 1. The first-order chi connectivity index (χ1) is 8.22. The van der Waals surface area contributed by atoms with Gasteiger partial charge in [0, 0.05) is 19.5 Å². The minimum Gasteiger partial charge on any atom is -0.491 e. The molecule has 0 heterocycles. The van der Waals surface area contributed by atoms with Gasteiger partial charge in [0.15, 0.2) is 0 Å². The van der Waals surface area contributed by atoms with Gasteiger partial charge in [-0.3, -0.25) is 0 Å². The van der Waals surface area contributed by atoms with Gasteiger partial charge in [-0.2, -0.15) is 0 Å². The number of hydrogen-bond donors (Lipinski definition) is 2. The van der Waals surface area contributed by atoms with Crippen molar-refractivity contribution in [3.63, 3.8) is 0 Å². The Labute approximate surface area is 103 Å². The van der Waals surface area contributed by atoms with Gasteiger partial charge in [-0.15, -0.1) is 12.3 Å². The number of aliphatic hydroxyl groups is 1. The van der Waals surface area contributed by atoms with E-state index in [4.69, 9.17) is 11.2 Å². The van der Waals surface area contributed by atoms with Crippen LogP contribution in [0.1, 0.15) is 12.0 Å². The molecule has 0 bridgehead atoms. The van der Waals surface area contributed by atoms with Gasteiger partial charge in [0.25, 0.3) is 0 Å². The number of terminal acetylenes is 1. The van der Waals surface area contributed by atoms with Gasteiger partial charge in [-0.25, -0.2) is 0 Å². The average Bonchev–Trinajstić information content (AvgIpc) is 2.32. The Morgan fingerprint density at radius 1 is 1.53 bits per heavy atom. The number of aryl methyl sites for hydroxylation is 1. The van der Waals surface area contributed by atoms with Crippen LogP contribution < -0.4 is 10.1 Å². The Bertz CT molecular complexity index is 371. The minimum absolute atomic E-state index is 0.284. The fourth-order valence-electron chi connectivity index (χ4n) is 1.39. The lowest BCUT2D eigenvalue weighted by Crippen LogP contribution is -2.31. The lowest BCUT2D eigenvalue weighted by molar-refractivity contribution is 0.107. The molecule has 0 fully saturated rings. The van der Waals surface area contributed by atoms with E-state index < -0.39 is 6.10 Å². The van der Waals surface area contributed by atoms with E-state index in [1.807, 2.05) is 31.2 Å². The molecule has 0 amide bonds. The van der Waals surface area contributed by atoms with Gasteiger partial charge in [-0.05, 0) is 24.6 Å². The van der Waals surface area contributed by atoms with Crippen LogP contribution in [0.3, 0.4) is 0 Å². The maximum atomic E-state index is 9.64. The highest BCUT2D eigenvalue weighted by Crippen LogP contribution is 2.12. The summed E-state index contributed by atoms with van der Waals surface area (Å²) in [5.41, 5.74) is 1.14. The Kier molecular flexibility index (Phi) is 6.16. The van der Waals surface area contributed by atoms with Crippen molar-refractivity contribution in [2.45, 2.75) is 19.4 Å². The van der Waals surface area contributed by atoms with Gasteiger partial charge >= 0.3 is 0 Å². The molecule has 3 heteroatoms. The standard InChI is InChI=1S/C14H19NO2/c1-3-4-8-15-10-13(16)11-17-14-7-5-6-12(2)9-14/h1,5-7,9,13,15-16H,4,8,10-11H2,2H3. The molecule has 0 radical (unpaired) electrons. The van der Waals surface area contributed by atoms with Crippen molar-refractivity contribution in [2.24, 2.45) is 0 Å². The van der Waals surface area contributed by atoms with E-state index in [9.17, 15) is 5.11 Å². The zero-order chi connectivity index (χ0) is 12.5. The van der Waals surface area contributed by atoms with Crippen molar-refractivity contribution < 1.29 is 9.84 Å². The molecule has 1 unspecified atom stereocenters. The molecule has 1 atom stereocenters. The summed E-state index contributed by atoms with van der Waals surface area (Å²) in [7, 11) is 0. The largest absolute Gasteiger partial charge is 0.491 e. The summed E-state index contributed by atoms with van der Waals surface area (Å²) in [5, 5.41) is 12.7. The van der Waals surface area contributed by atoms with Gasteiger partial charge in [-0.1, -0.05) is 12.1 Å². The Hall–Kier alpha value is -1.50. The van der Waals surface area contributed by atoms with E-state index in [-0.39, 0.29) is 6.61 Å². The summed E-state index contributed by atoms with van der Waals surface area (Å²) < 4.78 is 5.48. The van der Waals surface area contributed by atoms with Crippen LogP contribution in [0.25, 0.3) is 0 Å². The van der Waals surface area contributed by atoms with Crippen LogP contribution in [-0.2, 0) is 0 Å². The Morgan fingerprint density at radius 2 is 2.35 bits per heavy atom. The number of rotatable bonds is 7. The van der Waals surface area contributed by atoms with Gasteiger partial charge in [0.2, 0.25) is 0 Å². The van der Waals surface area contributed by atoms with Gasteiger partial charge in [0.1, 0.15) is 18.5 Å². The summed E-state index contributed by atoms with van der Waals surface area (Å²) in [6, 6.07) is 7.76. The van der Waals surface area contributed by atoms with Crippen LogP contribution in [0.15, 0.2) is 24.3 Å². The van der Waals surface area contributed by atoms with Crippen LogP contribution >= 0.6 is 0 Å². The van der Waals surface area contributed by atoms with Crippen molar-refractivity contribution in [3.8, 4) is 18.1 Å². The number of hydrogen-bond acceptors (Lipinski definition) is 3. The second-order valence-corrected chi connectivity index (χ2v) is 3.94. The fraction of sp³-hybridized carbons (Fsp3) is 0.429. The topological polar surface area (TPSA) is 41.5 Å². The van der Waals surface area contributed by atoms with E-state index in [0.717, 1.165) is 17.9 Å². The zero-order valence-corrected chi connectivity index (χ0v) is 10.1. The zero-order valence-electron chi connectivity index (χ0n) is 10.1. The van der Waals surface area contributed by atoms with Crippen LogP contribution in [0.2, 0.25) is 0 Å². The summed E-state index contributed by atoms with van der Waals surface area (Å²) in [6.45, 7) is 3.50. The van der Waals surface area contributed by atoms with E-state index in [0.29, 0.717) is 13.0 Å². The van der Waals surface area contributed by atoms with Crippen LogP contribution in [-0.4, -0.2) is 30.9 Å². The molecule has 1 aromatic carbocycles. The third-order valence-corrected chi connectivity index (χ3v) is 2.26. The summed E-state index contributed by atoms with van der Waals surface area (Å²) in [5.74, 6) is 3.32. The molecule has 0 saturated carbocycles. The van der Waals surface area contributed by atoms with Crippen molar-refractivity contribution >= 4 is 0 Å². The normalized spacial score (nSPS) is 11.8. The highest BCUT2D eigenvalue weighted by Gasteiger charge is 2.04. The van der Waals surface area contributed by atoms with Crippen molar-refractivity contribution in [2.75, 3.05) is 19.7 Å². The Balaban J connectivity index is 2.19. The molecule has 0 saturated heterocycles. The predicted octanol–water partition coefficient (Wildman–Crippen LogP) is 1.35. The molecule has 0 aliphatic rings. The summed E-state index contributed by atoms with van der Waals surface area (Å²) >= 11 is 0. The molecular formula is C14H19NO2. The molecule has 0 aliphatic carbocycles. The molecule has 2 N–H and O–H groups in total. The lowest BCUT2D eigenvalue weighted by Gasteiger charge is -2.13. The summed E-state index contributed by atoms with van der Waals surface area (Å²) in [4.78, 5) is 0. The van der Waals surface area contributed by atoms with E-state index in [2.05, 4.69) is 11.2 Å². The molecule has 0 spiro atoms. The first-order valence-electron chi connectivity index (χ1n) is 5.74. The second kappa shape index (κ2) is 7.72. The molecule has 92 valence electrons. The molecular weight excluding hydrogens is 214 g/mol. The maximum absolute atomic E-state index is 9.64. The highest BCUT2D eigenvalue weighted by molar-refractivity contribution is 5.27. The summed E-state index contributed by atoms with van der Waals surface area (Å²) in [6.07, 6.45) is 5.27. The Morgan fingerprint density at radius 3 is 3.06 bits per heavy atom. The molecule has 1 rings (SSSR count). The van der Waals surface area contributed by atoms with Crippen molar-refractivity contribution in [1.82, 2.24) is 5.32 Å². The molecule has 3 nitrogen and oxygen atoms in total. The van der Waals surface area contributed by atoms with Crippen LogP contribution in [0.5, 0.6) is 5.75 Å². The number of nitrogens with one attached hydrogen (secondary N) is 1. The first-order valence-corrected chi connectivity index (χ1v) is 5.74. The highest BCUT2D eigenvalue weighted by atomic mass is 16.5. The maximum Gasteiger partial charge on any atom is 0.119 e. The predicted molar refractivity (Wildman–Crippen MR) is 69.0 cm³/mol. The lowest BCUT2D eigenvalue weighted by atomic mass is 10.2. The van der Waals surface area contributed by atoms with Gasteiger partial charge in [0.05, 0.1) is 0 Å². The minimum atomic E-state index is -0.520. The fourth-order valence-corrected chi connectivity index (χ4v) is 1.39. The van der Waals surface area contributed by atoms with E-state index in [1.165, 1.54) is 0 Å². The number of benzene rings is 1. The van der Waals surface area contributed by atoms with E-state index >= 15 is 0 Å². The van der Waals surface area contributed by atoms with Crippen molar-refractivity contribution in [3.05, 3.63) is 29.8 Å². The molecule has 17 heavy (non-hydrogen) atoms. The van der Waals surface area contributed by atoms with Crippen LogP contribution in [0.4, 0.5) is 0 Å². The third-order valence-electron chi connectivity index (χ3n) is 2.26. The second-order valence-electron chi connectivity index (χ2n) is 3.94. The molecule has 0 aromatic heterocycles. The molecule has 0 aliphatic heterocycles.